The summed E-state index contributed by atoms with van der Waals surface area (Å²) < 4.78 is 9.93. The molecule has 1 N–H and O–H groups in total. The molecule has 20 heavy (non-hydrogen) atoms. The molecular formula is C14H24O6. The average Bonchev–Trinajstić information content (AvgIpc) is 2.39. The van der Waals surface area contributed by atoms with Crippen molar-refractivity contribution in [3.63, 3.8) is 0 Å². The van der Waals surface area contributed by atoms with Gasteiger partial charge in [-0.2, -0.15) is 0 Å². The van der Waals surface area contributed by atoms with Gasteiger partial charge in [0, 0.05) is 12.8 Å². The Morgan fingerprint density at radius 1 is 1.00 bits per heavy atom. The van der Waals surface area contributed by atoms with E-state index in [1.54, 1.807) is 0 Å². The molecule has 0 aliphatic carbocycles. The van der Waals surface area contributed by atoms with E-state index in [4.69, 9.17) is 14.6 Å². The van der Waals surface area contributed by atoms with Gasteiger partial charge in [0.1, 0.15) is 0 Å². The summed E-state index contributed by atoms with van der Waals surface area (Å²) in [7, 11) is 0. The fraction of sp³-hybridized carbons (Fsp3) is 0.786. The molecule has 0 heterocycles. The number of carbonyl (C=O) groups is 3. The maximum atomic E-state index is 11.6. The first-order valence-corrected chi connectivity index (χ1v) is 6.84. The molecule has 0 rings (SSSR count). The van der Waals surface area contributed by atoms with E-state index < -0.39 is 17.4 Å². The molecule has 0 radical (unpaired) electrons. The second-order valence-electron chi connectivity index (χ2n) is 5.19. The Morgan fingerprint density at radius 3 is 2.10 bits per heavy atom. The number of rotatable bonds is 10. The zero-order valence-electron chi connectivity index (χ0n) is 12.4. The Kier molecular flexibility index (Phi) is 8.59. The van der Waals surface area contributed by atoms with Crippen LogP contribution in [0.3, 0.4) is 0 Å². The minimum Gasteiger partial charge on any atom is -0.481 e. The summed E-state index contributed by atoms with van der Waals surface area (Å²) in [5.41, 5.74) is -0.503. The number of hydrogen-bond donors (Lipinski definition) is 1. The van der Waals surface area contributed by atoms with E-state index in [9.17, 15) is 14.4 Å². The molecule has 0 spiro atoms. The Morgan fingerprint density at radius 2 is 1.55 bits per heavy atom. The van der Waals surface area contributed by atoms with E-state index in [0.717, 1.165) is 0 Å². The topological polar surface area (TPSA) is 89.9 Å². The maximum absolute atomic E-state index is 11.6. The molecule has 0 unspecified atom stereocenters. The molecule has 0 saturated heterocycles. The molecule has 0 bridgehead atoms. The van der Waals surface area contributed by atoms with Crippen LogP contribution >= 0.6 is 0 Å². The predicted octanol–water partition coefficient (Wildman–Crippen LogP) is 2.15. The van der Waals surface area contributed by atoms with E-state index >= 15 is 0 Å². The number of aliphatic carboxylic acids is 1. The Labute approximate surface area is 119 Å². The number of carboxylic acids is 1. The van der Waals surface area contributed by atoms with Crippen LogP contribution in [0.25, 0.3) is 0 Å². The Hall–Kier alpha value is -1.59. The summed E-state index contributed by atoms with van der Waals surface area (Å²) in [5.74, 6) is -1.58. The van der Waals surface area contributed by atoms with Crippen molar-refractivity contribution >= 4 is 17.9 Å². The third-order valence-electron chi connectivity index (χ3n) is 2.99. The van der Waals surface area contributed by atoms with Crippen LogP contribution in [0.15, 0.2) is 0 Å². The highest BCUT2D eigenvalue weighted by Crippen LogP contribution is 2.21. The van der Waals surface area contributed by atoms with Crippen molar-refractivity contribution in [1.82, 2.24) is 0 Å². The number of hydrogen-bond acceptors (Lipinski definition) is 5. The number of carbonyl (C=O) groups excluding carboxylic acids is 2. The summed E-state index contributed by atoms with van der Waals surface area (Å²) in [6.07, 6.45) is 1.55. The van der Waals surface area contributed by atoms with Gasteiger partial charge in [-0.25, -0.2) is 0 Å². The van der Waals surface area contributed by atoms with Gasteiger partial charge in [-0.1, -0.05) is 6.92 Å². The minimum atomic E-state index is -0.911. The molecule has 0 saturated carbocycles. The van der Waals surface area contributed by atoms with Crippen molar-refractivity contribution in [2.75, 3.05) is 13.2 Å². The number of ether oxygens (including phenoxy) is 2. The molecule has 0 aliphatic heterocycles. The van der Waals surface area contributed by atoms with E-state index in [0.29, 0.717) is 19.3 Å². The highest BCUT2D eigenvalue weighted by atomic mass is 16.5. The van der Waals surface area contributed by atoms with Gasteiger partial charge in [-0.05, 0) is 33.1 Å². The largest absolute Gasteiger partial charge is 0.481 e. The average molecular weight is 288 g/mol. The van der Waals surface area contributed by atoms with Gasteiger partial charge in [-0.3, -0.25) is 14.4 Å². The molecule has 0 aliphatic rings. The molecule has 0 fully saturated rings. The van der Waals surface area contributed by atoms with Gasteiger partial charge in [0.25, 0.3) is 0 Å². The lowest BCUT2D eigenvalue weighted by molar-refractivity contribution is -0.155. The van der Waals surface area contributed by atoms with Crippen molar-refractivity contribution in [3.8, 4) is 0 Å². The Balaban J connectivity index is 3.62. The smallest absolute Gasteiger partial charge is 0.311 e. The lowest BCUT2D eigenvalue weighted by atomic mass is 9.91. The lowest BCUT2D eigenvalue weighted by Gasteiger charge is -2.20. The summed E-state index contributed by atoms with van der Waals surface area (Å²) in [5, 5.41) is 8.40. The van der Waals surface area contributed by atoms with Gasteiger partial charge in [-0.15, -0.1) is 0 Å². The zero-order chi connectivity index (χ0) is 15.6. The normalized spacial score (nSPS) is 10.9. The molecule has 116 valence electrons. The summed E-state index contributed by atoms with van der Waals surface area (Å²) in [6, 6.07) is 0. The molecule has 6 nitrogen and oxygen atoms in total. The van der Waals surface area contributed by atoms with Crippen LogP contribution < -0.4 is 0 Å². The van der Waals surface area contributed by atoms with Crippen molar-refractivity contribution < 1.29 is 29.0 Å². The van der Waals surface area contributed by atoms with E-state index in [1.165, 1.54) is 0 Å². The molecular weight excluding hydrogens is 264 g/mol. The van der Waals surface area contributed by atoms with Gasteiger partial charge in [0.05, 0.1) is 18.6 Å². The Bertz CT molecular complexity index is 335. The van der Waals surface area contributed by atoms with Crippen LogP contribution in [0.1, 0.15) is 52.9 Å². The monoisotopic (exact) mass is 288 g/mol. The second kappa shape index (κ2) is 9.34. The van der Waals surface area contributed by atoms with Gasteiger partial charge in [0.15, 0.2) is 0 Å². The standard InChI is InChI=1S/C14H24O6/c1-4-14(2,3)13(18)20-10-6-8-12(17)19-9-5-7-11(15)16/h4-10H2,1-3H3,(H,15,16). The van der Waals surface area contributed by atoms with Crippen LogP contribution in [-0.4, -0.2) is 36.2 Å². The van der Waals surface area contributed by atoms with Crippen molar-refractivity contribution in [2.24, 2.45) is 5.41 Å². The van der Waals surface area contributed by atoms with E-state index in [-0.39, 0.29) is 32.0 Å². The quantitative estimate of drug-likeness (QED) is 0.489. The minimum absolute atomic E-state index is 0.0169. The fourth-order valence-electron chi connectivity index (χ4n) is 1.20. The zero-order valence-corrected chi connectivity index (χ0v) is 12.4. The van der Waals surface area contributed by atoms with Crippen molar-refractivity contribution in [1.29, 1.82) is 0 Å². The van der Waals surface area contributed by atoms with Gasteiger partial charge >= 0.3 is 17.9 Å². The van der Waals surface area contributed by atoms with Crippen molar-refractivity contribution in [2.45, 2.75) is 52.9 Å². The van der Waals surface area contributed by atoms with Crippen LogP contribution in [0.4, 0.5) is 0 Å². The van der Waals surface area contributed by atoms with Gasteiger partial charge in [0.2, 0.25) is 0 Å². The molecule has 0 aromatic carbocycles. The van der Waals surface area contributed by atoms with Crippen LogP contribution in [0, 0.1) is 5.41 Å². The first-order valence-electron chi connectivity index (χ1n) is 6.84. The molecule has 0 atom stereocenters. The molecule has 0 aromatic heterocycles. The van der Waals surface area contributed by atoms with Gasteiger partial charge < -0.3 is 14.6 Å². The SMILES string of the molecule is CCC(C)(C)C(=O)OCCCC(=O)OCCCC(=O)O. The maximum Gasteiger partial charge on any atom is 0.311 e. The number of esters is 2. The fourth-order valence-corrected chi connectivity index (χ4v) is 1.20. The summed E-state index contributed by atoms with van der Waals surface area (Å²) in [6.45, 7) is 5.83. The predicted molar refractivity (Wildman–Crippen MR) is 72.1 cm³/mol. The molecule has 0 amide bonds. The lowest BCUT2D eigenvalue weighted by Crippen LogP contribution is -2.26. The van der Waals surface area contributed by atoms with Crippen LogP contribution in [0.2, 0.25) is 0 Å². The second-order valence-corrected chi connectivity index (χ2v) is 5.19. The molecule has 6 heteroatoms. The summed E-state index contributed by atoms with van der Waals surface area (Å²) in [4.78, 5) is 33.1. The third kappa shape index (κ3) is 8.50. The highest BCUT2D eigenvalue weighted by molar-refractivity contribution is 5.75. The first kappa shape index (κ1) is 18.4. The summed E-state index contributed by atoms with van der Waals surface area (Å²) >= 11 is 0. The van der Waals surface area contributed by atoms with Crippen LogP contribution in [0.5, 0.6) is 0 Å². The van der Waals surface area contributed by atoms with Crippen LogP contribution in [-0.2, 0) is 23.9 Å². The molecule has 0 aromatic rings. The third-order valence-corrected chi connectivity index (χ3v) is 2.99. The first-order chi connectivity index (χ1) is 9.29. The van der Waals surface area contributed by atoms with E-state index in [2.05, 4.69) is 0 Å². The highest BCUT2D eigenvalue weighted by Gasteiger charge is 2.26. The number of carboxylic acid groups (broad SMARTS) is 1. The van der Waals surface area contributed by atoms with E-state index in [1.807, 2.05) is 20.8 Å². The van der Waals surface area contributed by atoms with Crippen molar-refractivity contribution in [3.05, 3.63) is 0 Å².